The lowest BCUT2D eigenvalue weighted by Gasteiger charge is -2.49. The molecule has 2 unspecified atom stereocenters. The second kappa shape index (κ2) is 4.83. The lowest BCUT2D eigenvalue weighted by molar-refractivity contribution is -0.0715. The first-order valence-electron chi connectivity index (χ1n) is 6.54. The smallest absolute Gasteiger partial charge is 0.129 e. The monoisotopic (exact) mass is 311 g/mol. The maximum Gasteiger partial charge on any atom is 0.129 e. The number of nitrogens with zero attached hydrogens (tertiary/aromatic N) is 1. The Labute approximate surface area is 116 Å². The van der Waals surface area contributed by atoms with Crippen molar-refractivity contribution >= 4 is 15.9 Å². The zero-order valence-electron chi connectivity index (χ0n) is 10.2. The fourth-order valence-electron chi connectivity index (χ4n) is 3.29. The molecule has 3 fully saturated rings. The lowest BCUT2D eigenvalue weighted by atomic mass is 9.78. The number of aliphatic hydroxyl groups excluding tert-OH is 1. The summed E-state index contributed by atoms with van der Waals surface area (Å²) in [6.45, 7) is 2.23. The molecule has 2 bridgehead atoms. The molecule has 0 radical (unpaired) electrons. The molecule has 3 aliphatic heterocycles. The Kier molecular flexibility index (Phi) is 3.34. The third-order valence-corrected chi connectivity index (χ3v) is 5.01. The summed E-state index contributed by atoms with van der Waals surface area (Å²) in [5.41, 5.74) is 1.16. The number of phenols is 1. The van der Waals surface area contributed by atoms with Crippen molar-refractivity contribution in [1.82, 2.24) is 4.90 Å². The molecule has 1 aromatic carbocycles. The predicted octanol–water partition coefficient (Wildman–Crippen LogP) is 2.15. The van der Waals surface area contributed by atoms with Crippen LogP contribution in [0.3, 0.4) is 0 Å². The normalized spacial score (nSPS) is 34.8. The molecule has 0 saturated carbocycles. The molecule has 2 atom stereocenters. The highest BCUT2D eigenvalue weighted by Gasteiger charge is 2.40. The average Bonchev–Trinajstić information content (AvgIpc) is 2.38. The first kappa shape index (κ1) is 12.5. The van der Waals surface area contributed by atoms with Crippen LogP contribution in [0, 0.1) is 5.92 Å². The van der Waals surface area contributed by atoms with Crippen LogP contribution in [-0.4, -0.2) is 40.3 Å². The zero-order chi connectivity index (χ0) is 12.7. The number of fused-ring (bicyclic) bond motifs is 3. The minimum atomic E-state index is -0.194. The summed E-state index contributed by atoms with van der Waals surface area (Å²) in [7, 11) is 0. The van der Waals surface area contributed by atoms with Gasteiger partial charge in [0.15, 0.2) is 0 Å². The molecule has 3 saturated heterocycles. The van der Waals surface area contributed by atoms with Gasteiger partial charge in [-0.25, -0.2) is 0 Å². The molecule has 0 amide bonds. The van der Waals surface area contributed by atoms with Gasteiger partial charge in [-0.05, 0) is 71.9 Å². The van der Waals surface area contributed by atoms with Gasteiger partial charge < -0.3 is 10.2 Å². The van der Waals surface area contributed by atoms with Gasteiger partial charge in [-0.3, -0.25) is 4.90 Å². The fourth-order valence-corrected chi connectivity index (χ4v) is 3.72. The summed E-state index contributed by atoms with van der Waals surface area (Å²) in [6, 6.07) is 5.85. The van der Waals surface area contributed by atoms with Gasteiger partial charge in [-0.2, -0.15) is 0 Å². The van der Waals surface area contributed by atoms with E-state index in [-0.39, 0.29) is 17.9 Å². The Bertz CT molecular complexity index is 441. The van der Waals surface area contributed by atoms with Crippen LogP contribution < -0.4 is 0 Å². The largest absolute Gasteiger partial charge is 0.507 e. The van der Waals surface area contributed by atoms with Gasteiger partial charge in [0.1, 0.15) is 5.75 Å². The van der Waals surface area contributed by atoms with E-state index in [1.165, 1.54) is 0 Å². The highest BCUT2D eigenvalue weighted by Crippen LogP contribution is 2.34. The van der Waals surface area contributed by atoms with Crippen molar-refractivity contribution in [1.29, 1.82) is 0 Å². The number of hydrogen-bond acceptors (Lipinski definition) is 3. The third kappa shape index (κ3) is 2.17. The van der Waals surface area contributed by atoms with Gasteiger partial charge in [0.2, 0.25) is 0 Å². The molecule has 4 heteroatoms. The van der Waals surface area contributed by atoms with Gasteiger partial charge in [-0.15, -0.1) is 0 Å². The van der Waals surface area contributed by atoms with Gasteiger partial charge in [0, 0.05) is 6.04 Å². The number of halogens is 1. The van der Waals surface area contributed by atoms with Crippen molar-refractivity contribution in [2.24, 2.45) is 5.92 Å². The molecule has 2 N–H and O–H groups in total. The van der Waals surface area contributed by atoms with Crippen molar-refractivity contribution in [3.63, 3.8) is 0 Å². The molecule has 0 spiro atoms. The SMILES string of the molecule is Oc1ccc(CC2C(O)C3CCN2CC3)cc1Br. The Morgan fingerprint density at radius 2 is 2.00 bits per heavy atom. The quantitative estimate of drug-likeness (QED) is 0.879. The van der Waals surface area contributed by atoms with Crippen molar-refractivity contribution < 1.29 is 10.2 Å². The van der Waals surface area contributed by atoms with Crippen LogP contribution in [0.2, 0.25) is 0 Å². The first-order valence-corrected chi connectivity index (χ1v) is 7.34. The van der Waals surface area contributed by atoms with Gasteiger partial charge in [0.25, 0.3) is 0 Å². The van der Waals surface area contributed by atoms with Crippen LogP contribution in [0.15, 0.2) is 22.7 Å². The van der Waals surface area contributed by atoms with Crippen LogP contribution in [0.5, 0.6) is 5.75 Å². The number of aromatic hydroxyl groups is 1. The molecule has 3 heterocycles. The van der Waals surface area contributed by atoms with Crippen molar-refractivity contribution in [3.05, 3.63) is 28.2 Å². The Hall–Kier alpha value is -0.580. The van der Waals surface area contributed by atoms with E-state index in [1.807, 2.05) is 12.1 Å². The Morgan fingerprint density at radius 1 is 1.28 bits per heavy atom. The molecule has 98 valence electrons. The van der Waals surface area contributed by atoms with Crippen molar-refractivity contribution in [3.8, 4) is 5.75 Å². The van der Waals surface area contributed by atoms with E-state index in [0.717, 1.165) is 42.4 Å². The molecule has 18 heavy (non-hydrogen) atoms. The van der Waals surface area contributed by atoms with Crippen LogP contribution in [-0.2, 0) is 6.42 Å². The van der Waals surface area contributed by atoms with E-state index < -0.39 is 0 Å². The van der Waals surface area contributed by atoms with E-state index in [4.69, 9.17) is 0 Å². The second-order valence-electron chi connectivity index (χ2n) is 5.42. The molecular formula is C14H18BrNO2. The highest BCUT2D eigenvalue weighted by molar-refractivity contribution is 9.10. The summed E-state index contributed by atoms with van der Waals surface area (Å²) < 4.78 is 0.727. The topological polar surface area (TPSA) is 43.7 Å². The standard InChI is InChI=1S/C14H18BrNO2/c15-11-7-9(1-2-13(11)17)8-12-14(18)10-3-5-16(12)6-4-10/h1-2,7,10,12,14,17-18H,3-6,8H2. The van der Waals surface area contributed by atoms with E-state index in [1.54, 1.807) is 6.07 Å². The minimum Gasteiger partial charge on any atom is -0.507 e. The summed E-state index contributed by atoms with van der Waals surface area (Å²) >= 11 is 3.34. The second-order valence-corrected chi connectivity index (χ2v) is 6.28. The maximum atomic E-state index is 10.3. The summed E-state index contributed by atoms with van der Waals surface area (Å²) in [5, 5.41) is 19.8. The van der Waals surface area contributed by atoms with Gasteiger partial charge in [-0.1, -0.05) is 6.07 Å². The third-order valence-electron chi connectivity index (χ3n) is 4.38. The molecule has 0 aliphatic carbocycles. The number of aliphatic hydroxyl groups is 1. The molecule has 4 rings (SSSR count). The number of piperidine rings is 3. The molecule has 3 nitrogen and oxygen atoms in total. The molecular weight excluding hydrogens is 294 g/mol. The number of rotatable bonds is 2. The van der Waals surface area contributed by atoms with Crippen LogP contribution in [0.25, 0.3) is 0 Å². The fraction of sp³-hybridized carbons (Fsp3) is 0.571. The van der Waals surface area contributed by atoms with E-state index >= 15 is 0 Å². The predicted molar refractivity (Wildman–Crippen MR) is 73.6 cm³/mol. The molecule has 1 aromatic rings. The molecule has 3 aliphatic rings. The van der Waals surface area contributed by atoms with Crippen LogP contribution >= 0.6 is 15.9 Å². The minimum absolute atomic E-state index is 0.194. The summed E-state index contributed by atoms with van der Waals surface area (Å²) in [5.74, 6) is 0.755. The van der Waals surface area contributed by atoms with E-state index in [0.29, 0.717) is 5.92 Å². The van der Waals surface area contributed by atoms with Crippen LogP contribution in [0.1, 0.15) is 18.4 Å². The average molecular weight is 312 g/mol. The van der Waals surface area contributed by atoms with E-state index in [9.17, 15) is 10.2 Å². The number of hydrogen-bond donors (Lipinski definition) is 2. The van der Waals surface area contributed by atoms with Crippen molar-refractivity contribution in [2.45, 2.75) is 31.4 Å². The lowest BCUT2D eigenvalue weighted by Crippen LogP contribution is -2.58. The number of phenolic OH excluding ortho intramolecular Hbond substituents is 1. The molecule has 0 aromatic heterocycles. The Balaban J connectivity index is 1.77. The zero-order valence-corrected chi connectivity index (χ0v) is 11.8. The van der Waals surface area contributed by atoms with E-state index in [2.05, 4.69) is 20.8 Å². The van der Waals surface area contributed by atoms with Crippen LogP contribution in [0.4, 0.5) is 0 Å². The maximum absolute atomic E-state index is 10.3. The van der Waals surface area contributed by atoms with Crippen molar-refractivity contribution in [2.75, 3.05) is 13.1 Å². The first-order chi connectivity index (χ1) is 8.65. The summed E-state index contributed by atoms with van der Waals surface area (Å²) in [4.78, 5) is 2.41. The van der Waals surface area contributed by atoms with Gasteiger partial charge in [0.05, 0.1) is 10.6 Å². The summed E-state index contributed by atoms with van der Waals surface area (Å²) in [6.07, 6.45) is 2.94. The Morgan fingerprint density at radius 3 is 2.61 bits per heavy atom. The highest BCUT2D eigenvalue weighted by atomic mass is 79.9. The number of benzene rings is 1. The van der Waals surface area contributed by atoms with Gasteiger partial charge >= 0.3 is 0 Å².